The molecule has 0 aromatic heterocycles. The first-order valence-corrected chi connectivity index (χ1v) is 7.25. The molecule has 24 heavy (non-hydrogen) atoms. The molecule has 0 saturated carbocycles. The van der Waals surface area contributed by atoms with Gasteiger partial charge in [0.25, 0.3) is 5.60 Å². The van der Waals surface area contributed by atoms with Crippen LogP contribution in [0.25, 0.3) is 0 Å². The molecule has 0 heterocycles. The Labute approximate surface area is 136 Å². The summed E-state index contributed by atoms with van der Waals surface area (Å²) in [7, 11) is 0. The summed E-state index contributed by atoms with van der Waals surface area (Å²) in [5.74, 6) is -0.665. The number of carbonyl (C=O) groups is 1. The first kappa shape index (κ1) is 23.0. The summed E-state index contributed by atoms with van der Waals surface area (Å²) in [6.07, 6.45) is -13.7. The smallest absolute Gasteiger partial charge is 0.426 e. The van der Waals surface area contributed by atoms with Gasteiger partial charge in [0.2, 0.25) is 0 Å². The predicted molar refractivity (Wildman–Crippen MR) is 72.1 cm³/mol. The number of carbonyl (C=O) groups excluding carboxylic acids is 1. The van der Waals surface area contributed by atoms with Crippen LogP contribution in [0.2, 0.25) is 0 Å². The number of rotatable bonds is 8. The van der Waals surface area contributed by atoms with Crippen LogP contribution in [-0.2, 0) is 14.3 Å². The van der Waals surface area contributed by atoms with Crippen LogP contribution in [0.4, 0.5) is 26.3 Å². The average Bonchev–Trinajstić information content (AvgIpc) is 2.39. The number of alkyl halides is 6. The number of hydrogen-bond donors (Lipinski definition) is 1. The highest BCUT2D eigenvalue weighted by molar-refractivity contribution is 5.76. The zero-order valence-electron chi connectivity index (χ0n) is 13.8. The third-order valence-electron chi connectivity index (χ3n) is 3.58. The molecule has 0 bridgehead atoms. The van der Waals surface area contributed by atoms with E-state index in [4.69, 9.17) is 14.6 Å². The molecular formula is C14H22F6O4. The molecule has 0 saturated heterocycles. The Hall–Kier alpha value is -1.03. The summed E-state index contributed by atoms with van der Waals surface area (Å²) < 4.78 is 84.8. The molecule has 4 nitrogen and oxygen atoms in total. The first-order valence-electron chi connectivity index (χ1n) is 7.25. The molecule has 0 amide bonds. The Bertz CT molecular complexity index is 404. The van der Waals surface area contributed by atoms with Crippen LogP contribution in [0, 0.1) is 5.41 Å². The summed E-state index contributed by atoms with van der Waals surface area (Å²) in [5.41, 5.74) is -6.07. The highest BCUT2D eigenvalue weighted by atomic mass is 19.4. The van der Waals surface area contributed by atoms with Crippen molar-refractivity contribution in [2.24, 2.45) is 5.41 Å². The zero-order chi connectivity index (χ0) is 19.4. The summed E-state index contributed by atoms with van der Waals surface area (Å²) in [5, 5.41) is 8.98. The van der Waals surface area contributed by atoms with Crippen molar-refractivity contribution in [1.29, 1.82) is 0 Å². The molecule has 0 radical (unpaired) electrons. The van der Waals surface area contributed by atoms with E-state index in [1.807, 2.05) is 0 Å². The van der Waals surface area contributed by atoms with Gasteiger partial charge < -0.3 is 14.6 Å². The van der Waals surface area contributed by atoms with Gasteiger partial charge in [0.05, 0.1) is 24.7 Å². The van der Waals surface area contributed by atoms with Crippen molar-refractivity contribution in [1.82, 2.24) is 0 Å². The molecular weight excluding hydrogens is 346 g/mol. The molecule has 144 valence electrons. The zero-order valence-corrected chi connectivity index (χ0v) is 13.8. The summed E-state index contributed by atoms with van der Waals surface area (Å²) in [6.45, 7) is 4.77. The van der Waals surface area contributed by atoms with Gasteiger partial charge in [-0.1, -0.05) is 6.92 Å². The lowest BCUT2D eigenvalue weighted by Crippen LogP contribution is -2.57. The van der Waals surface area contributed by atoms with E-state index in [0.29, 0.717) is 0 Å². The van der Waals surface area contributed by atoms with Crippen LogP contribution in [0.5, 0.6) is 0 Å². The number of hydrogen-bond acceptors (Lipinski definition) is 4. The van der Waals surface area contributed by atoms with E-state index in [0.717, 1.165) is 0 Å². The molecule has 0 fully saturated rings. The fourth-order valence-corrected chi connectivity index (χ4v) is 1.62. The molecule has 0 aromatic carbocycles. The quantitative estimate of drug-likeness (QED) is 0.404. The van der Waals surface area contributed by atoms with Gasteiger partial charge in [-0.15, -0.1) is 0 Å². The van der Waals surface area contributed by atoms with Gasteiger partial charge >= 0.3 is 18.3 Å². The van der Waals surface area contributed by atoms with E-state index in [2.05, 4.69) is 0 Å². The van der Waals surface area contributed by atoms with Crippen LogP contribution >= 0.6 is 0 Å². The molecule has 0 aromatic rings. The van der Waals surface area contributed by atoms with Gasteiger partial charge in [0.15, 0.2) is 0 Å². The maximum Gasteiger partial charge on any atom is 0.426 e. The fourth-order valence-electron chi connectivity index (χ4n) is 1.62. The van der Waals surface area contributed by atoms with Crippen LogP contribution in [0.15, 0.2) is 0 Å². The Morgan fingerprint density at radius 1 is 1.08 bits per heavy atom. The number of halogens is 6. The topological polar surface area (TPSA) is 55.8 Å². The van der Waals surface area contributed by atoms with Crippen molar-refractivity contribution < 1.29 is 45.7 Å². The molecule has 0 spiro atoms. The Balaban J connectivity index is 4.82. The largest absolute Gasteiger partial charge is 0.462 e. The fraction of sp³-hybridized carbons (Fsp3) is 0.929. The van der Waals surface area contributed by atoms with E-state index in [1.165, 1.54) is 6.92 Å². The lowest BCUT2D eigenvalue weighted by atomic mass is 9.88. The van der Waals surface area contributed by atoms with Crippen molar-refractivity contribution in [2.75, 3.05) is 13.2 Å². The van der Waals surface area contributed by atoms with Crippen molar-refractivity contribution in [3.05, 3.63) is 0 Å². The van der Waals surface area contributed by atoms with E-state index in [1.54, 1.807) is 20.8 Å². The number of ether oxygens (including phenoxy) is 2. The normalized spacial score (nSPS) is 16.2. The molecule has 1 atom stereocenters. The minimum atomic E-state index is -5.89. The molecule has 0 rings (SSSR count). The van der Waals surface area contributed by atoms with Crippen molar-refractivity contribution in [3.63, 3.8) is 0 Å². The second kappa shape index (κ2) is 7.90. The molecule has 1 N–H and O–H groups in total. The first-order chi connectivity index (χ1) is 10.6. The van der Waals surface area contributed by atoms with Crippen LogP contribution < -0.4 is 0 Å². The lowest BCUT2D eigenvalue weighted by molar-refractivity contribution is -0.371. The third-order valence-corrected chi connectivity index (χ3v) is 3.58. The standard InChI is InChI=1S/C14H22F6O4/c1-5-11(4,10(21)24-9(2)3)8-23-7-6-12(22,13(15,16)17)14(18,19)20/h9,22H,5-8H2,1-4H3. The molecule has 0 aliphatic carbocycles. The second-order valence-electron chi connectivity index (χ2n) is 6.03. The molecule has 10 heteroatoms. The molecule has 0 aliphatic heterocycles. The third kappa shape index (κ3) is 5.51. The summed E-state index contributed by atoms with van der Waals surface area (Å²) in [6, 6.07) is 0. The Morgan fingerprint density at radius 2 is 1.54 bits per heavy atom. The molecule has 0 aliphatic rings. The van der Waals surface area contributed by atoms with Crippen molar-refractivity contribution in [2.45, 2.75) is 64.6 Å². The van der Waals surface area contributed by atoms with Crippen molar-refractivity contribution in [3.8, 4) is 0 Å². The molecule has 1 unspecified atom stereocenters. The van der Waals surface area contributed by atoms with Crippen LogP contribution in [0.1, 0.15) is 40.5 Å². The Morgan fingerprint density at radius 3 is 1.88 bits per heavy atom. The van der Waals surface area contributed by atoms with Crippen LogP contribution in [0.3, 0.4) is 0 Å². The predicted octanol–water partition coefficient (Wildman–Crippen LogP) is 3.62. The highest BCUT2D eigenvalue weighted by Crippen LogP contribution is 2.45. The van der Waals surface area contributed by atoms with E-state index >= 15 is 0 Å². The number of aliphatic hydroxyl groups is 1. The summed E-state index contributed by atoms with van der Waals surface area (Å²) in [4.78, 5) is 11.9. The number of esters is 1. The minimum absolute atomic E-state index is 0.210. The van der Waals surface area contributed by atoms with Gasteiger partial charge in [-0.2, -0.15) is 26.3 Å². The maximum atomic E-state index is 12.5. The summed E-state index contributed by atoms with van der Waals surface area (Å²) >= 11 is 0. The van der Waals surface area contributed by atoms with Gasteiger partial charge in [-0.05, 0) is 27.2 Å². The Kier molecular flexibility index (Phi) is 7.56. The van der Waals surface area contributed by atoms with E-state index in [-0.39, 0.29) is 6.42 Å². The van der Waals surface area contributed by atoms with E-state index < -0.39 is 55.1 Å². The van der Waals surface area contributed by atoms with Gasteiger partial charge in [-0.25, -0.2) is 0 Å². The second-order valence-corrected chi connectivity index (χ2v) is 6.03. The van der Waals surface area contributed by atoms with Crippen LogP contribution in [-0.4, -0.2) is 48.3 Å². The van der Waals surface area contributed by atoms with Gasteiger partial charge in [0, 0.05) is 6.42 Å². The van der Waals surface area contributed by atoms with Crippen molar-refractivity contribution >= 4 is 5.97 Å². The minimum Gasteiger partial charge on any atom is -0.462 e. The average molecular weight is 368 g/mol. The van der Waals surface area contributed by atoms with Gasteiger partial charge in [0.1, 0.15) is 0 Å². The lowest BCUT2D eigenvalue weighted by Gasteiger charge is -2.32. The highest BCUT2D eigenvalue weighted by Gasteiger charge is 2.69. The monoisotopic (exact) mass is 368 g/mol. The van der Waals surface area contributed by atoms with E-state index in [9.17, 15) is 31.1 Å². The maximum absolute atomic E-state index is 12.5. The van der Waals surface area contributed by atoms with Gasteiger partial charge in [-0.3, -0.25) is 4.79 Å². The SMILES string of the molecule is CCC(C)(COCCC(O)(C(F)(F)F)C(F)(F)F)C(=O)OC(C)C.